The van der Waals surface area contributed by atoms with Gasteiger partial charge in [0, 0.05) is 0 Å². The first-order chi connectivity index (χ1) is 14.2. The Kier molecular flexibility index (Phi) is 24.0. The second-order valence-corrected chi connectivity index (χ2v) is 8.34. The molecule has 0 aliphatic rings. The average Bonchev–Trinajstić information content (AvgIpc) is 2.68. The number of rotatable bonds is 18. The zero-order chi connectivity index (χ0) is 23.1. The van der Waals surface area contributed by atoms with Crippen molar-refractivity contribution in [2.24, 2.45) is 0 Å². The number of carbonyl (C=O) groups is 1. The average molecular weight is 455 g/mol. The van der Waals surface area contributed by atoms with Crippen LogP contribution in [0.4, 0.5) is 0 Å². The van der Waals surface area contributed by atoms with Gasteiger partial charge in [0.25, 0.3) is 0 Å². The third kappa shape index (κ3) is 31.9. The molecule has 0 aliphatic heterocycles. The highest BCUT2D eigenvalue weighted by Crippen LogP contribution is 2.25. The summed E-state index contributed by atoms with van der Waals surface area (Å²) in [6.07, 6.45) is 20.6. The van der Waals surface area contributed by atoms with Crippen molar-refractivity contribution in [3.05, 3.63) is 12.2 Å². The fourth-order valence-corrected chi connectivity index (χ4v) is 2.69. The molecule has 0 aromatic heterocycles. The SMILES string of the molecule is CCCCCCCC/C=C\CCCCCCCCOC(=O)C(O)CO.O=P(O)(O)O. The van der Waals surface area contributed by atoms with E-state index in [9.17, 15) is 4.79 Å². The molecule has 30 heavy (non-hydrogen) atoms. The van der Waals surface area contributed by atoms with Crippen LogP contribution in [0.5, 0.6) is 0 Å². The quantitative estimate of drug-likeness (QED) is 0.0905. The highest BCUT2D eigenvalue weighted by atomic mass is 31.2. The summed E-state index contributed by atoms with van der Waals surface area (Å²) in [4.78, 5) is 32.7. The van der Waals surface area contributed by atoms with Crippen molar-refractivity contribution < 1.29 is 39.0 Å². The number of esters is 1. The smallest absolute Gasteiger partial charge is 0.464 e. The second-order valence-electron chi connectivity index (χ2n) is 7.32. The Balaban J connectivity index is 0. The molecule has 0 spiro atoms. The maximum absolute atomic E-state index is 11.1. The van der Waals surface area contributed by atoms with Gasteiger partial charge in [0.2, 0.25) is 0 Å². The molecular weight excluding hydrogens is 411 g/mol. The van der Waals surface area contributed by atoms with Gasteiger partial charge in [-0.25, -0.2) is 9.36 Å². The summed E-state index contributed by atoms with van der Waals surface area (Å²) in [7, 11) is -4.64. The minimum absolute atomic E-state index is 0.330. The maximum Gasteiger partial charge on any atom is 0.466 e. The Labute approximate surface area is 181 Å². The van der Waals surface area contributed by atoms with E-state index in [1.165, 1.54) is 70.6 Å². The fraction of sp³-hybridized carbons (Fsp3) is 0.857. The number of phosphoric acid groups is 1. The highest BCUT2D eigenvalue weighted by molar-refractivity contribution is 7.45. The van der Waals surface area contributed by atoms with Gasteiger partial charge in [-0.1, -0.05) is 76.9 Å². The summed E-state index contributed by atoms with van der Waals surface area (Å²) in [6, 6.07) is 0. The summed E-state index contributed by atoms with van der Waals surface area (Å²) < 4.78 is 13.7. The summed E-state index contributed by atoms with van der Waals surface area (Å²) in [5.74, 6) is -0.727. The molecule has 1 atom stereocenters. The summed E-state index contributed by atoms with van der Waals surface area (Å²) in [5.41, 5.74) is 0. The van der Waals surface area contributed by atoms with E-state index >= 15 is 0 Å². The summed E-state index contributed by atoms with van der Waals surface area (Å²) in [5, 5.41) is 17.6. The maximum atomic E-state index is 11.1. The van der Waals surface area contributed by atoms with E-state index in [0.29, 0.717) is 6.61 Å². The zero-order valence-electron chi connectivity index (χ0n) is 18.5. The first-order valence-electron chi connectivity index (χ1n) is 11.1. The predicted octanol–water partition coefficient (Wildman–Crippen LogP) is 3.99. The molecule has 0 aliphatic carbocycles. The number of allylic oxidation sites excluding steroid dienone is 2. The van der Waals surface area contributed by atoms with Gasteiger partial charge >= 0.3 is 13.8 Å². The van der Waals surface area contributed by atoms with E-state index in [1.807, 2.05) is 0 Å². The van der Waals surface area contributed by atoms with Crippen LogP contribution in [0, 0.1) is 0 Å². The van der Waals surface area contributed by atoms with Crippen LogP contribution in [-0.2, 0) is 14.1 Å². The lowest BCUT2D eigenvalue weighted by molar-refractivity contribution is -0.155. The number of aliphatic hydroxyl groups is 2. The number of hydrogen-bond acceptors (Lipinski definition) is 5. The molecule has 5 N–H and O–H groups in total. The third-order valence-corrected chi connectivity index (χ3v) is 4.35. The topological polar surface area (TPSA) is 145 Å². The van der Waals surface area contributed by atoms with Crippen LogP contribution < -0.4 is 0 Å². The molecule has 1 unspecified atom stereocenters. The number of aliphatic hydroxyl groups excluding tert-OH is 2. The standard InChI is InChI=1S/C21H40O4.H3O4P/c1-2-3-4-5-6-7-8-9-10-11-12-13-14-15-16-17-18-25-21(24)20(23)19-22;1-5(2,3)4/h9-10,20,22-23H,2-8,11-19H2,1H3;(H3,1,2,3,4)/b10-9-;. The highest BCUT2D eigenvalue weighted by Gasteiger charge is 2.14. The lowest BCUT2D eigenvalue weighted by Crippen LogP contribution is -2.26. The van der Waals surface area contributed by atoms with E-state index in [0.717, 1.165) is 19.3 Å². The Morgan fingerprint density at radius 1 is 0.833 bits per heavy atom. The molecule has 0 rings (SSSR count). The first kappa shape index (κ1) is 31.4. The van der Waals surface area contributed by atoms with Crippen LogP contribution >= 0.6 is 7.82 Å². The van der Waals surface area contributed by atoms with Crippen molar-refractivity contribution in [1.29, 1.82) is 0 Å². The lowest BCUT2D eigenvalue weighted by Gasteiger charge is -2.07. The molecule has 0 amide bonds. The van der Waals surface area contributed by atoms with Crippen LogP contribution in [0.3, 0.4) is 0 Å². The Morgan fingerprint density at radius 3 is 1.67 bits per heavy atom. The molecule has 0 fully saturated rings. The van der Waals surface area contributed by atoms with Gasteiger partial charge in [0.05, 0.1) is 13.2 Å². The van der Waals surface area contributed by atoms with Crippen LogP contribution in [0.25, 0.3) is 0 Å². The first-order valence-corrected chi connectivity index (χ1v) is 12.7. The van der Waals surface area contributed by atoms with Gasteiger partial charge in [0.15, 0.2) is 6.10 Å². The third-order valence-electron chi connectivity index (χ3n) is 4.35. The number of hydrogen-bond donors (Lipinski definition) is 5. The fourth-order valence-electron chi connectivity index (χ4n) is 2.69. The van der Waals surface area contributed by atoms with Crippen molar-refractivity contribution in [3.63, 3.8) is 0 Å². The molecule has 0 radical (unpaired) electrons. The van der Waals surface area contributed by atoms with E-state index in [4.69, 9.17) is 34.2 Å². The van der Waals surface area contributed by atoms with Crippen LogP contribution in [0.2, 0.25) is 0 Å². The van der Waals surface area contributed by atoms with Gasteiger partial charge in [-0.15, -0.1) is 0 Å². The normalized spacial score (nSPS) is 12.5. The van der Waals surface area contributed by atoms with Crippen LogP contribution in [-0.4, -0.2) is 50.2 Å². The van der Waals surface area contributed by atoms with Gasteiger partial charge in [-0.3, -0.25) is 0 Å². The van der Waals surface area contributed by atoms with E-state index < -0.39 is 26.5 Å². The molecule has 8 nitrogen and oxygen atoms in total. The van der Waals surface area contributed by atoms with E-state index in [-0.39, 0.29) is 0 Å². The number of ether oxygens (including phenoxy) is 1. The van der Waals surface area contributed by atoms with Crippen LogP contribution in [0.1, 0.15) is 96.8 Å². The molecule has 0 aromatic carbocycles. The van der Waals surface area contributed by atoms with Gasteiger partial charge in [-0.2, -0.15) is 0 Å². The Morgan fingerprint density at radius 2 is 1.23 bits per heavy atom. The van der Waals surface area contributed by atoms with Crippen molar-refractivity contribution >= 4 is 13.8 Å². The summed E-state index contributed by atoms with van der Waals surface area (Å²) in [6.45, 7) is 2.01. The zero-order valence-corrected chi connectivity index (χ0v) is 19.3. The molecule has 0 saturated heterocycles. The van der Waals surface area contributed by atoms with E-state index in [1.54, 1.807) is 0 Å². The predicted molar refractivity (Wildman–Crippen MR) is 118 cm³/mol. The van der Waals surface area contributed by atoms with Crippen molar-refractivity contribution in [2.75, 3.05) is 13.2 Å². The lowest BCUT2D eigenvalue weighted by atomic mass is 10.1. The molecule has 0 heterocycles. The largest absolute Gasteiger partial charge is 0.466 e. The van der Waals surface area contributed by atoms with Crippen molar-refractivity contribution in [1.82, 2.24) is 0 Å². The molecule has 0 saturated carbocycles. The minimum Gasteiger partial charge on any atom is -0.464 e. The molecule has 0 bridgehead atoms. The number of carbonyl (C=O) groups excluding carboxylic acids is 1. The monoisotopic (exact) mass is 454 g/mol. The molecular formula is C21H43O8P. The van der Waals surface area contributed by atoms with Crippen molar-refractivity contribution in [2.45, 2.75) is 103 Å². The van der Waals surface area contributed by atoms with E-state index in [2.05, 4.69) is 19.1 Å². The number of unbranched alkanes of at least 4 members (excludes halogenated alkanes) is 12. The van der Waals surface area contributed by atoms with Gasteiger partial charge in [-0.05, 0) is 32.1 Å². The van der Waals surface area contributed by atoms with Gasteiger partial charge < -0.3 is 29.6 Å². The van der Waals surface area contributed by atoms with Gasteiger partial charge in [0.1, 0.15) is 0 Å². The van der Waals surface area contributed by atoms with Crippen LogP contribution in [0.15, 0.2) is 12.2 Å². The molecule has 0 aromatic rings. The Hall–Kier alpha value is -0.760. The minimum atomic E-state index is -4.64. The Bertz CT molecular complexity index is 442. The second kappa shape index (κ2) is 22.9. The van der Waals surface area contributed by atoms with Crippen molar-refractivity contribution in [3.8, 4) is 0 Å². The summed E-state index contributed by atoms with van der Waals surface area (Å²) >= 11 is 0. The molecule has 9 heteroatoms. The molecule has 180 valence electrons.